The number of morpholine rings is 1. The second-order valence-corrected chi connectivity index (χ2v) is 7.74. The Balaban J connectivity index is 1.46. The highest BCUT2D eigenvalue weighted by Crippen LogP contribution is 2.26. The minimum absolute atomic E-state index is 0.174. The summed E-state index contributed by atoms with van der Waals surface area (Å²) < 4.78 is 7.08. The average Bonchev–Trinajstić information content (AvgIpc) is 3.33. The normalized spacial score (nSPS) is 14.2. The molecule has 0 saturated carbocycles. The maximum atomic E-state index is 13.0. The molecule has 158 valence electrons. The van der Waals surface area contributed by atoms with Crippen molar-refractivity contribution in [2.45, 2.75) is 6.92 Å². The van der Waals surface area contributed by atoms with Gasteiger partial charge in [0.15, 0.2) is 5.82 Å². The number of aromatic amines is 1. The van der Waals surface area contributed by atoms with Crippen LogP contribution in [0.25, 0.3) is 22.2 Å². The number of aryl methyl sites for hydroxylation is 2. The number of aromatic nitrogens is 4. The number of anilines is 3. The summed E-state index contributed by atoms with van der Waals surface area (Å²) >= 11 is 0. The Hall–Kier alpha value is -3.65. The van der Waals surface area contributed by atoms with Crippen LogP contribution in [0.4, 0.5) is 17.2 Å². The highest BCUT2D eigenvalue weighted by Gasteiger charge is 2.15. The first-order chi connectivity index (χ1) is 15.1. The van der Waals surface area contributed by atoms with Crippen LogP contribution in [0.15, 0.2) is 53.6 Å². The molecule has 2 aromatic heterocycles. The first kappa shape index (κ1) is 19.3. The molecular formula is C23H24N6O2. The van der Waals surface area contributed by atoms with E-state index in [9.17, 15) is 4.79 Å². The van der Waals surface area contributed by atoms with Crippen molar-refractivity contribution in [3.05, 3.63) is 64.7 Å². The van der Waals surface area contributed by atoms with Gasteiger partial charge in [0.05, 0.1) is 30.4 Å². The third kappa shape index (κ3) is 3.66. The lowest BCUT2D eigenvalue weighted by molar-refractivity contribution is 0.122. The van der Waals surface area contributed by atoms with Crippen LogP contribution < -0.4 is 15.8 Å². The summed E-state index contributed by atoms with van der Waals surface area (Å²) in [6.45, 7) is 5.36. The van der Waals surface area contributed by atoms with E-state index in [1.165, 1.54) is 5.69 Å². The van der Waals surface area contributed by atoms with Crippen molar-refractivity contribution in [2.75, 3.05) is 36.5 Å². The SMILES string of the molecule is Cc1cc(Nc2nc3ccc(-c4cn[nH]c4)cc3n(C)c2=O)ccc1N1CCOCC1. The maximum absolute atomic E-state index is 13.0. The van der Waals surface area contributed by atoms with Crippen LogP contribution >= 0.6 is 0 Å². The van der Waals surface area contributed by atoms with E-state index in [1.807, 2.05) is 30.5 Å². The van der Waals surface area contributed by atoms with Gasteiger partial charge in [0.1, 0.15) is 0 Å². The van der Waals surface area contributed by atoms with Crippen LogP contribution in [-0.4, -0.2) is 46.1 Å². The van der Waals surface area contributed by atoms with E-state index in [1.54, 1.807) is 17.8 Å². The van der Waals surface area contributed by atoms with E-state index in [0.717, 1.165) is 59.7 Å². The highest BCUT2D eigenvalue weighted by molar-refractivity contribution is 5.83. The molecule has 8 heteroatoms. The fourth-order valence-electron chi connectivity index (χ4n) is 4.02. The van der Waals surface area contributed by atoms with E-state index < -0.39 is 0 Å². The van der Waals surface area contributed by atoms with E-state index in [-0.39, 0.29) is 5.56 Å². The minimum atomic E-state index is -0.174. The number of benzene rings is 2. The second kappa shape index (κ2) is 7.88. The monoisotopic (exact) mass is 416 g/mol. The molecule has 0 unspecified atom stereocenters. The number of H-pyrrole nitrogens is 1. The van der Waals surface area contributed by atoms with Crippen molar-refractivity contribution < 1.29 is 4.74 Å². The Bertz CT molecular complexity index is 1290. The van der Waals surface area contributed by atoms with Gasteiger partial charge in [-0.1, -0.05) is 6.07 Å². The lowest BCUT2D eigenvalue weighted by Crippen LogP contribution is -2.36. The van der Waals surface area contributed by atoms with Crippen LogP contribution in [0.3, 0.4) is 0 Å². The zero-order chi connectivity index (χ0) is 21.4. The van der Waals surface area contributed by atoms with Gasteiger partial charge in [0, 0.05) is 43.3 Å². The van der Waals surface area contributed by atoms with Crippen molar-refractivity contribution in [1.82, 2.24) is 19.7 Å². The molecule has 1 saturated heterocycles. The summed E-state index contributed by atoms with van der Waals surface area (Å²) in [5, 5.41) is 10.0. The first-order valence-corrected chi connectivity index (χ1v) is 10.3. The molecule has 5 rings (SSSR count). The molecule has 3 heterocycles. The molecule has 2 N–H and O–H groups in total. The van der Waals surface area contributed by atoms with Crippen molar-refractivity contribution in [2.24, 2.45) is 7.05 Å². The van der Waals surface area contributed by atoms with Crippen molar-refractivity contribution in [3.63, 3.8) is 0 Å². The minimum Gasteiger partial charge on any atom is -0.378 e. The van der Waals surface area contributed by atoms with Gasteiger partial charge in [0.2, 0.25) is 0 Å². The van der Waals surface area contributed by atoms with Gasteiger partial charge in [-0.15, -0.1) is 0 Å². The molecule has 0 amide bonds. The van der Waals surface area contributed by atoms with Gasteiger partial charge in [-0.25, -0.2) is 4.98 Å². The lowest BCUT2D eigenvalue weighted by Gasteiger charge is -2.30. The van der Waals surface area contributed by atoms with Gasteiger partial charge in [-0.2, -0.15) is 5.10 Å². The largest absolute Gasteiger partial charge is 0.378 e. The Kier molecular flexibility index (Phi) is 4.91. The Morgan fingerprint density at radius 2 is 1.94 bits per heavy atom. The van der Waals surface area contributed by atoms with Crippen LogP contribution in [0.2, 0.25) is 0 Å². The number of fused-ring (bicyclic) bond motifs is 1. The van der Waals surface area contributed by atoms with Crippen LogP contribution in [0.1, 0.15) is 5.56 Å². The summed E-state index contributed by atoms with van der Waals surface area (Å²) in [7, 11) is 1.77. The zero-order valence-corrected chi connectivity index (χ0v) is 17.6. The number of nitrogens with one attached hydrogen (secondary N) is 2. The molecule has 0 aliphatic carbocycles. The molecule has 0 spiro atoms. The van der Waals surface area contributed by atoms with Crippen LogP contribution in [-0.2, 0) is 11.8 Å². The number of hydrogen-bond acceptors (Lipinski definition) is 6. The average molecular weight is 416 g/mol. The molecule has 4 aromatic rings. The molecule has 1 fully saturated rings. The third-order valence-corrected chi connectivity index (χ3v) is 5.72. The number of ether oxygens (including phenoxy) is 1. The lowest BCUT2D eigenvalue weighted by atomic mass is 10.1. The predicted molar refractivity (Wildman–Crippen MR) is 122 cm³/mol. The van der Waals surface area contributed by atoms with E-state index in [4.69, 9.17) is 4.74 Å². The van der Waals surface area contributed by atoms with Gasteiger partial charge in [-0.05, 0) is 48.4 Å². The third-order valence-electron chi connectivity index (χ3n) is 5.72. The van der Waals surface area contributed by atoms with Crippen molar-refractivity contribution in [3.8, 4) is 11.1 Å². The topological polar surface area (TPSA) is 88.1 Å². The molecule has 0 atom stereocenters. The molecular weight excluding hydrogens is 392 g/mol. The van der Waals surface area contributed by atoms with Gasteiger partial charge in [-0.3, -0.25) is 9.89 Å². The molecule has 0 bridgehead atoms. The Morgan fingerprint density at radius 3 is 2.68 bits per heavy atom. The quantitative estimate of drug-likeness (QED) is 0.531. The highest BCUT2D eigenvalue weighted by atomic mass is 16.5. The van der Waals surface area contributed by atoms with E-state index in [2.05, 4.69) is 44.5 Å². The van der Waals surface area contributed by atoms with Crippen molar-refractivity contribution in [1.29, 1.82) is 0 Å². The predicted octanol–water partition coefficient (Wildman–Crippen LogP) is 3.21. The fraction of sp³-hybridized carbons (Fsp3) is 0.261. The van der Waals surface area contributed by atoms with Crippen LogP contribution in [0, 0.1) is 6.92 Å². The maximum Gasteiger partial charge on any atom is 0.293 e. The molecule has 2 aromatic carbocycles. The molecule has 0 radical (unpaired) electrons. The van der Waals surface area contributed by atoms with Gasteiger partial charge in [0.25, 0.3) is 5.56 Å². The Morgan fingerprint density at radius 1 is 1.10 bits per heavy atom. The van der Waals surface area contributed by atoms with E-state index >= 15 is 0 Å². The summed E-state index contributed by atoms with van der Waals surface area (Å²) in [6.07, 6.45) is 3.58. The number of nitrogens with zero attached hydrogens (tertiary/aromatic N) is 4. The van der Waals surface area contributed by atoms with Gasteiger partial charge < -0.3 is 19.5 Å². The number of hydrogen-bond donors (Lipinski definition) is 2. The molecule has 31 heavy (non-hydrogen) atoms. The van der Waals surface area contributed by atoms with Crippen LogP contribution in [0.5, 0.6) is 0 Å². The summed E-state index contributed by atoms with van der Waals surface area (Å²) in [4.78, 5) is 19.9. The summed E-state index contributed by atoms with van der Waals surface area (Å²) in [5.74, 6) is 0.310. The van der Waals surface area contributed by atoms with E-state index in [0.29, 0.717) is 5.82 Å². The molecule has 1 aliphatic heterocycles. The fourth-order valence-corrected chi connectivity index (χ4v) is 4.02. The standard InChI is InChI=1S/C23H24N6O2/c1-15-11-18(4-6-20(15)29-7-9-31-10-8-29)26-22-23(30)28(2)21-12-16(3-5-19(21)27-22)17-13-24-25-14-17/h3-6,11-14H,7-10H2,1-2H3,(H,24,25)(H,26,27). The zero-order valence-electron chi connectivity index (χ0n) is 17.6. The molecule has 8 nitrogen and oxygen atoms in total. The summed E-state index contributed by atoms with van der Waals surface area (Å²) in [6, 6.07) is 12.0. The Labute approximate surface area is 179 Å². The van der Waals surface area contributed by atoms with Gasteiger partial charge >= 0.3 is 0 Å². The second-order valence-electron chi connectivity index (χ2n) is 7.74. The smallest absolute Gasteiger partial charge is 0.293 e. The first-order valence-electron chi connectivity index (χ1n) is 10.3. The van der Waals surface area contributed by atoms with Crippen molar-refractivity contribution >= 4 is 28.2 Å². The number of rotatable bonds is 4. The molecule has 1 aliphatic rings. The summed E-state index contributed by atoms with van der Waals surface area (Å²) in [5.41, 5.74) is 6.47.